The lowest BCUT2D eigenvalue weighted by atomic mass is 10.1. The molecule has 0 radical (unpaired) electrons. The van der Waals surface area contributed by atoms with Crippen LogP contribution in [0.15, 0.2) is 16.5 Å². The van der Waals surface area contributed by atoms with Crippen LogP contribution in [0.5, 0.6) is 0 Å². The van der Waals surface area contributed by atoms with E-state index in [-0.39, 0.29) is 11.8 Å². The SMILES string of the molecule is CCCN(C(C)C)C(C)c1ccc(C(=O)O)o1. The Labute approximate surface area is 102 Å². The van der Waals surface area contributed by atoms with Crippen LogP contribution < -0.4 is 0 Å². The van der Waals surface area contributed by atoms with Crippen LogP contribution in [-0.4, -0.2) is 28.6 Å². The maximum Gasteiger partial charge on any atom is 0.371 e. The molecule has 0 bridgehead atoms. The van der Waals surface area contributed by atoms with Crippen LogP contribution in [0.1, 0.15) is 56.5 Å². The molecule has 0 aliphatic heterocycles. The predicted octanol–water partition coefficient (Wildman–Crippen LogP) is 3.16. The van der Waals surface area contributed by atoms with Crippen LogP contribution in [0.2, 0.25) is 0 Å². The van der Waals surface area contributed by atoms with Crippen molar-refractivity contribution in [3.8, 4) is 0 Å². The van der Waals surface area contributed by atoms with Gasteiger partial charge >= 0.3 is 5.97 Å². The predicted molar refractivity (Wildman–Crippen MR) is 66.2 cm³/mol. The molecule has 1 rings (SSSR count). The molecule has 96 valence electrons. The van der Waals surface area contributed by atoms with E-state index < -0.39 is 5.97 Å². The number of aromatic carboxylic acids is 1. The number of furan rings is 1. The fraction of sp³-hybridized carbons (Fsp3) is 0.615. The van der Waals surface area contributed by atoms with Gasteiger partial charge in [0.05, 0.1) is 6.04 Å². The maximum absolute atomic E-state index is 10.8. The van der Waals surface area contributed by atoms with Crippen molar-refractivity contribution in [2.75, 3.05) is 6.54 Å². The first kappa shape index (κ1) is 13.8. The Morgan fingerprint density at radius 1 is 1.41 bits per heavy atom. The Morgan fingerprint density at radius 3 is 2.47 bits per heavy atom. The standard InChI is InChI=1S/C13H21NO3/c1-5-8-14(9(2)3)10(4)11-6-7-12(17-11)13(15)16/h6-7,9-10H,5,8H2,1-4H3,(H,15,16). The normalized spacial score (nSPS) is 13.3. The molecule has 0 fully saturated rings. The number of nitrogens with zero attached hydrogens (tertiary/aromatic N) is 1. The monoisotopic (exact) mass is 239 g/mol. The van der Waals surface area contributed by atoms with Crippen molar-refractivity contribution in [2.45, 2.75) is 46.2 Å². The Balaban J connectivity index is 2.85. The zero-order chi connectivity index (χ0) is 13.0. The van der Waals surface area contributed by atoms with Crippen LogP contribution in [0, 0.1) is 0 Å². The summed E-state index contributed by atoms with van der Waals surface area (Å²) in [6.45, 7) is 9.41. The average molecular weight is 239 g/mol. The molecule has 0 spiro atoms. The van der Waals surface area contributed by atoms with Gasteiger partial charge in [-0.25, -0.2) is 4.79 Å². The number of hydrogen-bond donors (Lipinski definition) is 1. The number of rotatable bonds is 6. The van der Waals surface area contributed by atoms with Crippen LogP contribution in [-0.2, 0) is 0 Å². The number of carboxylic acid groups (broad SMARTS) is 1. The summed E-state index contributed by atoms with van der Waals surface area (Å²) in [6, 6.07) is 3.77. The maximum atomic E-state index is 10.8. The molecule has 1 unspecified atom stereocenters. The lowest BCUT2D eigenvalue weighted by Crippen LogP contribution is -2.34. The highest BCUT2D eigenvalue weighted by Crippen LogP contribution is 2.24. The van der Waals surface area contributed by atoms with Crippen molar-refractivity contribution < 1.29 is 14.3 Å². The van der Waals surface area contributed by atoms with E-state index in [4.69, 9.17) is 9.52 Å². The Hall–Kier alpha value is -1.29. The second-order valence-corrected chi connectivity index (χ2v) is 4.51. The molecule has 17 heavy (non-hydrogen) atoms. The molecule has 4 heteroatoms. The molecule has 0 saturated heterocycles. The molecular formula is C13H21NO3. The van der Waals surface area contributed by atoms with Gasteiger partial charge in [-0.15, -0.1) is 0 Å². The first-order valence-electron chi connectivity index (χ1n) is 6.06. The van der Waals surface area contributed by atoms with Gasteiger partial charge in [-0.1, -0.05) is 6.92 Å². The summed E-state index contributed by atoms with van der Waals surface area (Å²) in [6.07, 6.45) is 1.06. The van der Waals surface area contributed by atoms with Crippen LogP contribution >= 0.6 is 0 Å². The van der Waals surface area contributed by atoms with Crippen LogP contribution in [0.3, 0.4) is 0 Å². The summed E-state index contributed by atoms with van der Waals surface area (Å²) in [4.78, 5) is 13.1. The van der Waals surface area contributed by atoms with E-state index in [9.17, 15) is 4.79 Å². The molecule has 0 aliphatic rings. The van der Waals surface area contributed by atoms with Gasteiger partial charge in [0.1, 0.15) is 5.76 Å². The van der Waals surface area contributed by atoms with E-state index in [2.05, 4.69) is 25.7 Å². The summed E-state index contributed by atoms with van der Waals surface area (Å²) >= 11 is 0. The van der Waals surface area contributed by atoms with E-state index in [0.29, 0.717) is 11.8 Å². The fourth-order valence-electron chi connectivity index (χ4n) is 2.01. The summed E-state index contributed by atoms with van der Waals surface area (Å²) in [5.41, 5.74) is 0. The number of carboxylic acids is 1. The van der Waals surface area contributed by atoms with Crippen molar-refractivity contribution >= 4 is 5.97 Å². The number of hydrogen-bond acceptors (Lipinski definition) is 3. The quantitative estimate of drug-likeness (QED) is 0.828. The van der Waals surface area contributed by atoms with Crippen molar-refractivity contribution in [1.29, 1.82) is 0 Å². The third kappa shape index (κ3) is 3.33. The van der Waals surface area contributed by atoms with Gasteiger partial charge in [0.15, 0.2) is 0 Å². The minimum absolute atomic E-state index is 0.00653. The minimum atomic E-state index is -1.02. The Kier molecular flexibility index (Phi) is 4.75. The molecule has 1 heterocycles. The second-order valence-electron chi connectivity index (χ2n) is 4.51. The smallest absolute Gasteiger partial charge is 0.371 e. The van der Waals surface area contributed by atoms with Gasteiger partial charge in [-0.05, 0) is 45.9 Å². The van der Waals surface area contributed by atoms with Gasteiger partial charge in [0, 0.05) is 6.04 Å². The topological polar surface area (TPSA) is 53.7 Å². The third-order valence-electron chi connectivity index (χ3n) is 2.89. The van der Waals surface area contributed by atoms with E-state index in [0.717, 1.165) is 13.0 Å². The Morgan fingerprint density at radius 2 is 2.06 bits per heavy atom. The third-order valence-corrected chi connectivity index (χ3v) is 2.89. The van der Waals surface area contributed by atoms with Crippen molar-refractivity contribution in [2.24, 2.45) is 0 Å². The van der Waals surface area contributed by atoms with Gasteiger partial charge in [-0.2, -0.15) is 0 Å². The molecule has 4 nitrogen and oxygen atoms in total. The average Bonchev–Trinajstić information content (AvgIpc) is 2.73. The highest BCUT2D eigenvalue weighted by molar-refractivity contribution is 5.84. The van der Waals surface area contributed by atoms with Gasteiger partial charge in [0.25, 0.3) is 0 Å². The first-order chi connectivity index (χ1) is 7.97. The van der Waals surface area contributed by atoms with Gasteiger partial charge in [0.2, 0.25) is 5.76 Å². The lowest BCUT2D eigenvalue weighted by Gasteiger charge is -2.31. The summed E-state index contributed by atoms with van der Waals surface area (Å²) in [5.74, 6) is -0.299. The molecule has 0 aliphatic carbocycles. The van der Waals surface area contributed by atoms with Crippen LogP contribution in [0.4, 0.5) is 0 Å². The largest absolute Gasteiger partial charge is 0.475 e. The van der Waals surface area contributed by atoms with Crippen molar-refractivity contribution in [3.05, 3.63) is 23.7 Å². The first-order valence-corrected chi connectivity index (χ1v) is 6.06. The number of carbonyl (C=O) groups is 1. The summed E-state index contributed by atoms with van der Waals surface area (Å²) < 4.78 is 5.34. The zero-order valence-corrected chi connectivity index (χ0v) is 10.9. The lowest BCUT2D eigenvalue weighted by molar-refractivity contribution is 0.0653. The molecule has 1 atom stereocenters. The molecule has 1 aromatic heterocycles. The van der Waals surface area contributed by atoms with Crippen molar-refractivity contribution in [3.63, 3.8) is 0 Å². The highest BCUT2D eigenvalue weighted by atomic mass is 16.4. The Bertz CT molecular complexity index is 370. The van der Waals surface area contributed by atoms with Gasteiger partial charge < -0.3 is 9.52 Å². The minimum Gasteiger partial charge on any atom is -0.475 e. The van der Waals surface area contributed by atoms with Crippen LogP contribution in [0.25, 0.3) is 0 Å². The fourth-order valence-corrected chi connectivity index (χ4v) is 2.01. The highest BCUT2D eigenvalue weighted by Gasteiger charge is 2.21. The molecule has 0 saturated carbocycles. The summed E-state index contributed by atoms with van der Waals surface area (Å²) in [7, 11) is 0. The molecular weight excluding hydrogens is 218 g/mol. The molecule has 0 amide bonds. The van der Waals surface area contributed by atoms with Gasteiger partial charge in [-0.3, -0.25) is 4.90 Å². The van der Waals surface area contributed by atoms with E-state index in [1.54, 1.807) is 6.07 Å². The zero-order valence-electron chi connectivity index (χ0n) is 10.9. The van der Waals surface area contributed by atoms with E-state index in [1.807, 2.05) is 6.92 Å². The van der Waals surface area contributed by atoms with Crippen molar-refractivity contribution in [1.82, 2.24) is 4.90 Å². The molecule has 0 aromatic carbocycles. The summed E-state index contributed by atoms with van der Waals surface area (Å²) in [5, 5.41) is 8.82. The molecule has 1 N–H and O–H groups in total. The molecule has 1 aromatic rings. The van der Waals surface area contributed by atoms with E-state index in [1.165, 1.54) is 6.07 Å². The second kappa shape index (κ2) is 5.87. The van der Waals surface area contributed by atoms with E-state index >= 15 is 0 Å².